The van der Waals surface area contributed by atoms with Crippen molar-refractivity contribution in [3.05, 3.63) is 59.7 Å². The van der Waals surface area contributed by atoms with Crippen molar-refractivity contribution in [3.8, 4) is 11.5 Å². The Labute approximate surface area is 357 Å². The molecule has 3 rings (SSSR count). The second-order valence-corrected chi connectivity index (χ2v) is 32.6. The van der Waals surface area contributed by atoms with Crippen molar-refractivity contribution in [2.45, 2.75) is 141 Å². The number of ether oxygens (including phenoxy) is 4. The first-order valence-corrected chi connectivity index (χ1v) is 31.1. The third-order valence-electron chi connectivity index (χ3n) is 8.45. The molecule has 2 atom stereocenters. The van der Waals surface area contributed by atoms with Gasteiger partial charge in [-0.05, 0) is 107 Å². The molecule has 0 aromatic heterocycles. The molecule has 0 aliphatic carbocycles. The van der Waals surface area contributed by atoms with E-state index in [1.807, 2.05) is 43.8 Å². The van der Waals surface area contributed by atoms with Crippen LogP contribution in [-0.4, -0.2) is 104 Å². The molecular weight excluding hydrogens is 809 g/mol. The molecule has 0 spiro atoms. The number of rotatable bonds is 27. The zero-order valence-electron chi connectivity index (χ0n) is 33.0. The summed E-state index contributed by atoms with van der Waals surface area (Å²) in [7, 11) is -9.44. The van der Waals surface area contributed by atoms with Gasteiger partial charge in [0, 0.05) is 34.5 Å². The smallest absolute Gasteiger partial charge is 0.491 e. The van der Waals surface area contributed by atoms with Gasteiger partial charge < -0.3 is 48.7 Å². The van der Waals surface area contributed by atoms with Gasteiger partial charge >= 0.3 is 26.4 Å². The van der Waals surface area contributed by atoms with E-state index >= 15 is 0 Å². The fourth-order valence-corrected chi connectivity index (χ4v) is 26.1. The second-order valence-electron chi connectivity index (χ2n) is 14.5. The van der Waals surface area contributed by atoms with Crippen molar-refractivity contribution in [2.24, 2.45) is 0 Å². The predicted molar refractivity (Wildman–Crippen MR) is 252 cm³/mol. The van der Waals surface area contributed by atoms with Gasteiger partial charge in [0.15, 0.2) is 16.6 Å². The highest BCUT2D eigenvalue weighted by molar-refractivity contribution is 6.87. The standard InChI is InChI=1S/C35H64O11Si5.6CH4/c1-12-39-25-26-40-34-23-15-13-19-31(34)21-17-27-47(5,6)43-49(9,10)45-50(11,36-2)46-51(37-3,38-4)44-48(7,8)28-18-22-32-20-14-16-24-35(32)42-30-33-29-41-33;;;;;;/h13-16,19-20,23-24,33H,12,17-18,21-22,25-30H2,1-11H3;6*1H4. The van der Waals surface area contributed by atoms with Gasteiger partial charge in [0.1, 0.15) is 30.8 Å². The summed E-state index contributed by atoms with van der Waals surface area (Å²) >= 11 is 0. The zero-order chi connectivity index (χ0) is 37.6. The fourth-order valence-electron chi connectivity index (χ4n) is 5.99. The molecule has 11 nitrogen and oxygen atoms in total. The van der Waals surface area contributed by atoms with Crippen LogP contribution in [-0.2, 0) is 52.1 Å². The summed E-state index contributed by atoms with van der Waals surface area (Å²) in [6.07, 6.45) is 3.90. The Kier molecular flexibility index (Phi) is 31.9. The molecule has 2 aromatic rings. The van der Waals surface area contributed by atoms with Crippen molar-refractivity contribution in [2.75, 3.05) is 54.4 Å². The highest BCUT2D eigenvalue weighted by Crippen LogP contribution is 2.31. The predicted octanol–water partition coefficient (Wildman–Crippen LogP) is 11.4. The van der Waals surface area contributed by atoms with Crippen LogP contribution in [0.4, 0.5) is 0 Å². The zero-order valence-corrected chi connectivity index (χ0v) is 38.0. The minimum Gasteiger partial charge on any atom is -0.491 e. The van der Waals surface area contributed by atoms with Crippen LogP contribution in [0.1, 0.15) is 75.5 Å². The van der Waals surface area contributed by atoms with Crippen LogP contribution >= 0.6 is 0 Å². The average Bonchev–Trinajstić information content (AvgIpc) is 3.90. The molecule has 0 saturated carbocycles. The largest absolute Gasteiger partial charge is 0.661 e. The van der Waals surface area contributed by atoms with Gasteiger partial charge in [0.05, 0.1) is 13.2 Å². The fraction of sp³-hybridized carbons (Fsp3) is 0.707. The van der Waals surface area contributed by atoms with E-state index in [2.05, 4.69) is 57.5 Å². The minimum atomic E-state index is -3.64. The van der Waals surface area contributed by atoms with Crippen molar-refractivity contribution >= 4 is 43.0 Å². The molecule has 1 heterocycles. The lowest BCUT2D eigenvalue weighted by Crippen LogP contribution is -2.64. The first-order chi connectivity index (χ1) is 24.1. The van der Waals surface area contributed by atoms with Gasteiger partial charge in [0.2, 0.25) is 0 Å². The van der Waals surface area contributed by atoms with Crippen molar-refractivity contribution in [3.63, 3.8) is 0 Å². The van der Waals surface area contributed by atoms with Gasteiger partial charge in [-0.25, -0.2) is 0 Å². The summed E-state index contributed by atoms with van der Waals surface area (Å²) in [4.78, 5) is 0. The molecule has 16 heteroatoms. The summed E-state index contributed by atoms with van der Waals surface area (Å²) in [5, 5.41) is 0. The number of epoxide rings is 1. The molecule has 1 saturated heterocycles. The first kappa shape index (κ1) is 62.4. The van der Waals surface area contributed by atoms with E-state index in [1.54, 1.807) is 21.3 Å². The maximum Gasteiger partial charge on any atom is 0.661 e. The van der Waals surface area contributed by atoms with Crippen molar-refractivity contribution in [1.29, 1.82) is 0 Å². The quantitative estimate of drug-likeness (QED) is 0.0486. The normalized spacial score (nSPS) is 14.8. The molecule has 57 heavy (non-hydrogen) atoms. The average molecular weight is 898 g/mol. The van der Waals surface area contributed by atoms with Crippen LogP contribution < -0.4 is 9.47 Å². The van der Waals surface area contributed by atoms with Gasteiger partial charge in [-0.3, -0.25) is 0 Å². The molecule has 1 aliphatic heterocycles. The third kappa shape index (κ3) is 22.8. The summed E-state index contributed by atoms with van der Waals surface area (Å²) < 4.78 is 67.6. The van der Waals surface area contributed by atoms with Crippen LogP contribution in [0.3, 0.4) is 0 Å². The van der Waals surface area contributed by atoms with E-state index in [4.69, 9.17) is 48.7 Å². The highest BCUT2D eigenvalue weighted by Gasteiger charge is 2.57. The number of aryl methyl sites for hydroxylation is 2. The van der Waals surface area contributed by atoms with Crippen LogP contribution in [0.2, 0.25) is 57.9 Å². The summed E-state index contributed by atoms with van der Waals surface area (Å²) in [6.45, 7) is 19.9. The van der Waals surface area contributed by atoms with Gasteiger partial charge in [-0.15, -0.1) is 0 Å². The van der Waals surface area contributed by atoms with Crippen molar-refractivity contribution in [1.82, 2.24) is 0 Å². The van der Waals surface area contributed by atoms with Gasteiger partial charge in [0.25, 0.3) is 0 Å². The Hall–Kier alpha value is -1.24. The summed E-state index contributed by atoms with van der Waals surface area (Å²) in [6, 6.07) is 18.3. The lowest BCUT2D eigenvalue weighted by molar-refractivity contribution is 0.0441. The number of benzene rings is 2. The molecule has 1 aliphatic rings. The maximum atomic E-state index is 6.87. The SMILES string of the molecule is C.C.C.C.C.C.CCOCCOc1ccccc1CCC[Si](C)(C)O[Si](C)(C)O[Si](C)(OC)O[Si](OC)(OC)O[Si](C)(C)CCCc1ccccc1OCC1CO1. The topological polar surface area (TPSA) is 105 Å². The van der Waals surface area contributed by atoms with Crippen LogP contribution in [0.5, 0.6) is 11.5 Å². The van der Waals surface area contributed by atoms with Gasteiger partial charge in [-0.1, -0.05) is 81.0 Å². The van der Waals surface area contributed by atoms with E-state index < -0.39 is 43.0 Å². The molecule has 1 fully saturated rings. The van der Waals surface area contributed by atoms with E-state index in [9.17, 15) is 0 Å². The Bertz CT molecular complexity index is 1310. The van der Waals surface area contributed by atoms with Gasteiger partial charge in [-0.2, -0.15) is 0 Å². The third-order valence-corrected chi connectivity index (χ3v) is 26.6. The number of para-hydroxylation sites is 2. The van der Waals surface area contributed by atoms with E-state index in [0.29, 0.717) is 26.4 Å². The molecule has 338 valence electrons. The minimum absolute atomic E-state index is 0. The number of hydrogen-bond acceptors (Lipinski definition) is 11. The monoisotopic (exact) mass is 897 g/mol. The maximum absolute atomic E-state index is 6.87. The molecule has 2 unspecified atom stereocenters. The van der Waals surface area contributed by atoms with E-state index in [-0.39, 0.29) is 50.7 Å². The molecular formula is C41H88O11Si5. The first-order valence-electron chi connectivity index (χ1n) is 18.1. The van der Waals surface area contributed by atoms with Crippen molar-refractivity contribution < 1.29 is 48.7 Å². The molecule has 0 N–H and O–H groups in total. The Balaban J connectivity index is -0.00000234. The summed E-state index contributed by atoms with van der Waals surface area (Å²) in [5.41, 5.74) is 2.38. The lowest BCUT2D eigenvalue weighted by Gasteiger charge is -2.41. The Morgan fingerprint density at radius 3 is 1.53 bits per heavy atom. The molecule has 0 amide bonds. The highest BCUT2D eigenvalue weighted by atomic mass is 28.5. The van der Waals surface area contributed by atoms with Crippen LogP contribution in [0, 0.1) is 0 Å². The molecule has 0 radical (unpaired) electrons. The van der Waals surface area contributed by atoms with E-state index in [1.165, 1.54) is 11.1 Å². The molecule has 2 aromatic carbocycles. The molecule has 0 bridgehead atoms. The summed E-state index contributed by atoms with van der Waals surface area (Å²) in [5.74, 6) is 1.83. The lowest BCUT2D eigenvalue weighted by atomic mass is 10.1. The second kappa shape index (κ2) is 29.1. The Morgan fingerprint density at radius 1 is 0.596 bits per heavy atom. The van der Waals surface area contributed by atoms with Crippen LogP contribution in [0.15, 0.2) is 48.5 Å². The van der Waals surface area contributed by atoms with Crippen LogP contribution in [0.25, 0.3) is 0 Å². The Morgan fingerprint density at radius 2 is 1.07 bits per heavy atom. The van der Waals surface area contributed by atoms with E-state index in [0.717, 1.165) is 55.9 Å². The number of hydrogen-bond donors (Lipinski definition) is 0.